The molecule has 35 heavy (non-hydrogen) atoms. The van der Waals surface area contributed by atoms with Gasteiger partial charge in [0.25, 0.3) is 11.6 Å². The van der Waals surface area contributed by atoms with E-state index >= 15 is 0 Å². The van der Waals surface area contributed by atoms with Crippen LogP contribution in [0, 0.1) is 6.92 Å². The van der Waals surface area contributed by atoms with Crippen LogP contribution in [0.1, 0.15) is 55.8 Å². The van der Waals surface area contributed by atoms with Gasteiger partial charge in [-0.1, -0.05) is 37.8 Å². The van der Waals surface area contributed by atoms with Crippen LogP contribution in [0.4, 0.5) is 0 Å². The minimum absolute atomic E-state index is 0.123. The highest BCUT2D eigenvalue weighted by Crippen LogP contribution is 2.39. The van der Waals surface area contributed by atoms with Crippen molar-refractivity contribution in [3.63, 3.8) is 0 Å². The Bertz CT molecular complexity index is 1320. The molecular weight excluding hydrogens is 464 g/mol. The quantitative estimate of drug-likeness (QED) is 0.402. The van der Waals surface area contributed by atoms with Crippen LogP contribution in [-0.2, 0) is 16.0 Å². The first-order chi connectivity index (χ1) is 16.9. The number of benzene rings is 1. The summed E-state index contributed by atoms with van der Waals surface area (Å²) in [5.74, 6) is -1.21. The highest BCUT2D eigenvalue weighted by atomic mass is 35.5. The Morgan fingerprint density at radius 1 is 1.03 bits per heavy atom. The number of aryl methyl sites for hydroxylation is 2. The fraction of sp³-hybridized carbons (Fsp3) is 0.333. The fourth-order valence-electron chi connectivity index (χ4n) is 5.06. The first-order valence-corrected chi connectivity index (χ1v) is 12.4. The molecule has 0 radical (unpaired) electrons. The minimum Gasteiger partial charge on any atom is -0.858 e. The molecule has 0 saturated heterocycles. The van der Waals surface area contributed by atoms with Gasteiger partial charge in [0.15, 0.2) is 12.4 Å². The van der Waals surface area contributed by atoms with Crippen molar-refractivity contribution in [2.75, 3.05) is 0 Å². The molecule has 0 atom stereocenters. The average Bonchev–Trinajstić information content (AvgIpc) is 3.30. The van der Waals surface area contributed by atoms with Crippen LogP contribution in [0.15, 0.2) is 48.8 Å². The van der Waals surface area contributed by atoms with Crippen LogP contribution in [0.5, 0.6) is 5.88 Å². The molecule has 3 aromatic rings. The predicted octanol–water partition coefficient (Wildman–Crippen LogP) is 3.83. The second-order valence-electron chi connectivity index (χ2n) is 9.12. The lowest BCUT2D eigenvalue weighted by atomic mass is 9.94. The maximum atomic E-state index is 13.9. The van der Waals surface area contributed by atoms with E-state index in [-0.39, 0.29) is 28.8 Å². The molecule has 0 spiro atoms. The van der Waals surface area contributed by atoms with Gasteiger partial charge in [-0.05, 0) is 61.9 Å². The Morgan fingerprint density at radius 3 is 2.31 bits per heavy atom. The number of carbonyl (C=O) groups excluding carboxylic acids is 2. The van der Waals surface area contributed by atoms with E-state index in [1.54, 1.807) is 48.1 Å². The van der Waals surface area contributed by atoms with Crippen LogP contribution >= 0.6 is 11.6 Å². The topological polar surface area (TPSA) is 82.1 Å². The minimum atomic E-state index is -0.435. The zero-order valence-corrected chi connectivity index (χ0v) is 20.6. The van der Waals surface area contributed by atoms with Gasteiger partial charge in [0.2, 0.25) is 0 Å². The zero-order chi connectivity index (χ0) is 24.7. The summed E-state index contributed by atoms with van der Waals surface area (Å²) in [6, 6.07) is 10.4. The summed E-state index contributed by atoms with van der Waals surface area (Å²) in [4.78, 5) is 29.0. The normalized spacial score (nSPS) is 17.1. The van der Waals surface area contributed by atoms with E-state index in [2.05, 4.69) is 12.0 Å². The second kappa shape index (κ2) is 9.30. The third-order valence-electron chi connectivity index (χ3n) is 6.93. The van der Waals surface area contributed by atoms with Crippen LogP contribution in [0.3, 0.4) is 0 Å². The molecule has 2 aliphatic rings. The molecule has 3 heterocycles. The maximum Gasteiger partial charge on any atom is 0.327 e. The summed E-state index contributed by atoms with van der Waals surface area (Å²) in [5, 5.41) is 18.6. The van der Waals surface area contributed by atoms with Crippen molar-refractivity contribution in [2.45, 2.75) is 58.4 Å². The maximum absolute atomic E-state index is 13.9. The first kappa shape index (κ1) is 23.3. The van der Waals surface area contributed by atoms with Crippen LogP contribution in [-0.4, -0.2) is 32.5 Å². The van der Waals surface area contributed by atoms with Crippen molar-refractivity contribution in [1.29, 1.82) is 0 Å². The molecule has 1 aliphatic carbocycles. The van der Waals surface area contributed by atoms with Gasteiger partial charge in [0, 0.05) is 28.8 Å². The number of imide groups is 1. The Morgan fingerprint density at radius 2 is 1.69 bits per heavy atom. The molecule has 7 nitrogen and oxygen atoms in total. The summed E-state index contributed by atoms with van der Waals surface area (Å²) in [6.07, 6.45) is 9.04. The van der Waals surface area contributed by atoms with Crippen molar-refractivity contribution < 1.29 is 19.3 Å². The fourth-order valence-corrected chi connectivity index (χ4v) is 5.19. The van der Waals surface area contributed by atoms with E-state index in [0.29, 0.717) is 16.4 Å². The monoisotopic (exact) mass is 490 g/mol. The SMILES string of the molecule is CCc1cc[n+](C2=C(c3c(C)nn(-c4ccc(Cl)cc4)c3[O-])C(=O)N(C3CCCCC3)C2=O)cc1. The number of aromatic nitrogens is 3. The summed E-state index contributed by atoms with van der Waals surface area (Å²) in [7, 11) is 0. The average molecular weight is 491 g/mol. The van der Waals surface area contributed by atoms with E-state index < -0.39 is 11.8 Å². The Balaban J connectivity index is 1.68. The standard InChI is InChI=1S/C27H27ClN4O3/c1-3-18-13-15-30(16-14-18)24-23(25(33)31(27(24)35)20-7-5-4-6-8-20)22-17(2)29-32(26(22)34)21-11-9-19(28)10-12-21/h9-16,20H,3-8H2,1-2H3. The van der Waals surface area contributed by atoms with Crippen LogP contribution in [0.2, 0.25) is 5.02 Å². The lowest BCUT2D eigenvalue weighted by Crippen LogP contribution is -2.45. The van der Waals surface area contributed by atoms with E-state index in [9.17, 15) is 14.7 Å². The third kappa shape index (κ3) is 4.04. The van der Waals surface area contributed by atoms with Crippen molar-refractivity contribution >= 4 is 34.7 Å². The van der Waals surface area contributed by atoms with Gasteiger partial charge in [0.05, 0.1) is 11.4 Å². The number of nitrogens with zero attached hydrogens (tertiary/aromatic N) is 4. The smallest absolute Gasteiger partial charge is 0.327 e. The van der Waals surface area contributed by atoms with Gasteiger partial charge in [-0.25, -0.2) is 4.68 Å². The summed E-state index contributed by atoms with van der Waals surface area (Å²) < 4.78 is 2.92. The molecule has 1 aliphatic heterocycles. The van der Waals surface area contributed by atoms with Gasteiger partial charge < -0.3 is 5.11 Å². The molecule has 0 N–H and O–H groups in total. The Hall–Kier alpha value is -3.45. The molecule has 8 heteroatoms. The van der Waals surface area contributed by atoms with E-state index in [0.717, 1.165) is 44.1 Å². The molecule has 1 aromatic carbocycles. The van der Waals surface area contributed by atoms with Crippen molar-refractivity contribution in [3.8, 4) is 11.6 Å². The number of halogens is 1. The first-order valence-electron chi connectivity index (χ1n) is 12.1. The van der Waals surface area contributed by atoms with Gasteiger partial charge in [-0.2, -0.15) is 9.67 Å². The van der Waals surface area contributed by atoms with E-state index in [1.807, 2.05) is 12.1 Å². The van der Waals surface area contributed by atoms with Crippen molar-refractivity contribution in [2.24, 2.45) is 0 Å². The number of amides is 2. The van der Waals surface area contributed by atoms with E-state index in [1.165, 1.54) is 9.58 Å². The number of carbonyl (C=O) groups is 2. The largest absolute Gasteiger partial charge is 0.858 e. The Kier molecular flexibility index (Phi) is 6.19. The Labute approximate surface area is 209 Å². The molecule has 2 amide bonds. The third-order valence-corrected chi connectivity index (χ3v) is 7.19. The van der Waals surface area contributed by atoms with Gasteiger partial charge in [-0.15, -0.1) is 0 Å². The molecule has 1 saturated carbocycles. The van der Waals surface area contributed by atoms with Crippen LogP contribution < -0.4 is 9.67 Å². The lowest BCUT2D eigenvalue weighted by Gasteiger charge is -2.29. The van der Waals surface area contributed by atoms with Crippen molar-refractivity contribution in [3.05, 3.63) is 70.6 Å². The number of hydrogen-bond donors (Lipinski definition) is 0. The number of rotatable bonds is 5. The molecule has 1 fully saturated rings. The highest BCUT2D eigenvalue weighted by molar-refractivity contribution is 6.45. The molecular formula is C27H27ClN4O3. The lowest BCUT2D eigenvalue weighted by molar-refractivity contribution is -0.577. The molecule has 0 unspecified atom stereocenters. The summed E-state index contributed by atoms with van der Waals surface area (Å²) in [6.45, 7) is 3.75. The highest BCUT2D eigenvalue weighted by Gasteiger charge is 2.49. The van der Waals surface area contributed by atoms with Gasteiger partial charge in [0.1, 0.15) is 5.57 Å². The zero-order valence-electron chi connectivity index (χ0n) is 19.8. The summed E-state index contributed by atoms with van der Waals surface area (Å²) >= 11 is 6.01. The number of hydrogen-bond acceptors (Lipinski definition) is 4. The van der Waals surface area contributed by atoms with Crippen molar-refractivity contribution in [1.82, 2.24) is 14.7 Å². The van der Waals surface area contributed by atoms with Gasteiger partial charge in [-0.3, -0.25) is 14.5 Å². The van der Waals surface area contributed by atoms with Crippen LogP contribution in [0.25, 0.3) is 17.0 Å². The molecule has 2 aromatic heterocycles. The molecule has 5 rings (SSSR count). The van der Waals surface area contributed by atoms with E-state index in [4.69, 9.17) is 11.6 Å². The summed E-state index contributed by atoms with van der Waals surface area (Å²) in [5.41, 5.74) is 2.54. The molecule has 180 valence electrons. The second-order valence-corrected chi connectivity index (χ2v) is 9.55. The molecule has 0 bridgehead atoms. The van der Waals surface area contributed by atoms with Gasteiger partial charge >= 0.3 is 5.91 Å². The predicted molar refractivity (Wildman–Crippen MR) is 131 cm³/mol. The number of pyridine rings is 1.